The molecule has 0 saturated carbocycles. The molecule has 0 radical (unpaired) electrons. The van der Waals surface area contributed by atoms with Crippen LogP contribution < -0.4 is 10.6 Å². The molecule has 0 aromatic carbocycles. The minimum Gasteiger partial charge on any atom is -0.370 e. The number of aromatic nitrogens is 2. The fourth-order valence-corrected chi connectivity index (χ4v) is 2.43. The van der Waals surface area contributed by atoms with Crippen molar-refractivity contribution in [3.05, 3.63) is 11.4 Å². The van der Waals surface area contributed by atoms with Gasteiger partial charge in [-0.25, -0.2) is 9.97 Å². The number of hydrogen-bond donors (Lipinski definition) is 2. The molecular formula is C16H30N4S. The Kier molecular flexibility index (Phi) is 7.29. The van der Waals surface area contributed by atoms with Gasteiger partial charge in [0.15, 0.2) is 0 Å². The van der Waals surface area contributed by atoms with Gasteiger partial charge in [0.25, 0.3) is 0 Å². The van der Waals surface area contributed by atoms with E-state index in [-0.39, 0.29) is 5.41 Å². The summed E-state index contributed by atoms with van der Waals surface area (Å²) >= 11 is 1.90. The molecule has 0 fully saturated rings. The highest BCUT2D eigenvalue weighted by atomic mass is 32.2. The predicted octanol–water partition coefficient (Wildman–Crippen LogP) is 4.07. The Hall–Kier alpha value is -0.970. The molecule has 5 heteroatoms. The standard InChI is InChI=1S/C16H30N4S/c1-7-17-13-12(2)14(18-10-8-9-11-21-6)20-15(19-13)16(3,4)5/h7-11H2,1-6H3,(H2,17,18,19,20). The van der Waals surface area contributed by atoms with Gasteiger partial charge in [0.05, 0.1) is 0 Å². The SMILES string of the molecule is CCNc1nc(C(C)(C)C)nc(NCCCCSC)c1C. The summed E-state index contributed by atoms with van der Waals surface area (Å²) in [6, 6.07) is 0. The number of thioether (sulfide) groups is 1. The average molecular weight is 311 g/mol. The van der Waals surface area contributed by atoms with Crippen molar-refractivity contribution in [1.29, 1.82) is 0 Å². The van der Waals surface area contributed by atoms with Gasteiger partial charge in [-0.2, -0.15) is 11.8 Å². The molecule has 0 bridgehead atoms. The smallest absolute Gasteiger partial charge is 0.138 e. The van der Waals surface area contributed by atoms with Crippen molar-refractivity contribution in [3.8, 4) is 0 Å². The average Bonchev–Trinajstić information content (AvgIpc) is 2.41. The van der Waals surface area contributed by atoms with Crippen LogP contribution in [-0.4, -0.2) is 35.1 Å². The Morgan fingerprint density at radius 1 is 1.05 bits per heavy atom. The van der Waals surface area contributed by atoms with E-state index in [2.05, 4.69) is 56.5 Å². The maximum Gasteiger partial charge on any atom is 0.138 e. The van der Waals surface area contributed by atoms with Crippen LogP contribution in [0.4, 0.5) is 11.6 Å². The molecule has 0 amide bonds. The molecule has 0 spiro atoms. The molecule has 1 heterocycles. The van der Waals surface area contributed by atoms with E-state index >= 15 is 0 Å². The summed E-state index contributed by atoms with van der Waals surface area (Å²) in [6.45, 7) is 12.4. The van der Waals surface area contributed by atoms with Crippen molar-refractivity contribution < 1.29 is 0 Å². The molecule has 0 aliphatic heterocycles. The van der Waals surface area contributed by atoms with E-state index in [1.165, 1.54) is 18.6 Å². The Morgan fingerprint density at radius 2 is 1.67 bits per heavy atom. The monoisotopic (exact) mass is 310 g/mol. The second kappa shape index (κ2) is 8.47. The number of hydrogen-bond acceptors (Lipinski definition) is 5. The van der Waals surface area contributed by atoms with Gasteiger partial charge in [-0.1, -0.05) is 20.8 Å². The molecule has 0 aliphatic carbocycles. The zero-order chi connectivity index (χ0) is 15.9. The number of nitrogens with zero attached hydrogens (tertiary/aromatic N) is 2. The van der Waals surface area contributed by atoms with E-state index in [1.807, 2.05) is 11.8 Å². The molecule has 2 N–H and O–H groups in total. The molecule has 1 aromatic rings. The first-order chi connectivity index (χ1) is 9.90. The quantitative estimate of drug-likeness (QED) is 0.709. The number of rotatable bonds is 8. The number of anilines is 2. The predicted molar refractivity (Wildman–Crippen MR) is 95.7 cm³/mol. The maximum absolute atomic E-state index is 4.74. The summed E-state index contributed by atoms with van der Waals surface area (Å²) in [5.41, 5.74) is 1.06. The normalized spacial score (nSPS) is 11.5. The van der Waals surface area contributed by atoms with Gasteiger partial charge in [-0.05, 0) is 38.7 Å². The van der Waals surface area contributed by atoms with E-state index in [1.54, 1.807) is 0 Å². The lowest BCUT2D eigenvalue weighted by Gasteiger charge is -2.21. The Balaban J connectivity index is 2.87. The Labute approximate surface area is 133 Å². The van der Waals surface area contributed by atoms with E-state index in [4.69, 9.17) is 4.98 Å². The molecule has 0 saturated heterocycles. The van der Waals surface area contributed by atoms with E-state index in [0.717, 1.165) is 36.1 Å². The third-order valence-electron chi connectivity index (χ3n) is 3.23. The van der Waals surface area contributed by atoms with Crippen LogP contribution in [0.5, 0.6) is 0 Å². The molecule has 0 atom stereocenters. The summed E-state index contributed by atoms with van der Waals surface area (Å²) < 4.78 is 0. The zero-order valence-corrected chi connectivity index (χ0v) is 15.2. The largest absolute Gasteiger partial charge is 0.370 e. The molecule has 21 heavy (non-hydrogen) atoms. The van der Waals surface area contributed by atoms with E-state index in [0.29, 0.717) is 0 Å². The minimum absolute atomic E-state index is 0.0485. The van der Waals surface area contributed by atoms with E-state index < -0.39 is 0 Å². The molecule has 0 aliphatic rings. The Morgan fingerprint density at radius 3 is 2.19 bits per heavy atom. The fourth-order valence-electron chi connectivity index (χ4n) is 1.94. The second-order valence-corrected chi connectivity index (χ2v) is 7.26. The fraction of sp³-hybridized carbons (Fsp3) is 0.750. The highest BCUT2D eigenvalue weighted by Crippen LogP contribution is 2.26. The lowest BCUT2D eigenvalue weighted by molar-refractivity contribution is 0.546. The first-order valence-corrected chi connectivity index (χ1v) is 9.15. The van der Waals surface area contributed by atoms with Crippen molar-refractivity contribution in [1.82, 2.24) is 9.97 Å². The van der Waals surface area contributed by atoms with Gasteiger partial charge in [0, 0.05) is 24.1 Å². The summed E-state index contributed by atoms with van der Waals surface area (Å²) in [7, 11) is 0. The van der Waals surface area contributed by atoms with Crippen LogP contribution in [0, 0.1) is 6.92 Å². The van der Waals surface area contributed by atoms with Crippen LogP contribution in [0.15, 0.2) is 0 Å². The summed E-state index contributed by atoms with van der Waals surface area (Å²) in [4.78, 5) is 9.42. The second-order valence-electron chi connectivity index (χ2n) is 6.28. The van der Waals surface area contributed by atoms with Gasteiger partial charge < -0.3 is 10.6 Å². The van der Waals surface area contributed by atoms with Crippen LogP contribution in [0.1, 0.15) is 51.9 Å². The third-order valence-corrected chi connectivity index (χ3v) is 3.93. The van der Waals surface area contributed by atoms with Gasteiger partial charge in [-0.15, -0.1) is 0 Å². The highest BCUT2D eigenvalue weighted by Gasteiger charge is 2.20. The molecule has 0 unspecified atom stereocenters. The van der Waals surface area contributed by atoms with Crippen LogP contribution in [0.2, 0.25) is 0 Å². The van der Waals surface area contributed by atoms with Gasteiger partial charge in [0.1, 0.15) is 17.5 Å². The van der Waals surface area contributed by atoms with Crippen molar-refractivity contribution in [2.45, 2.75) is 52.9 Å². The molecule has 1 rings (SSSR count). The van der Waals surface area contributed by atoms with Gasteiger partial charge in [-0.3, -0.25) is 0 Å². The van der Waals surface area contributed by atoms with Crippen molar-refractivity contribution in [2.75, 3.05) is 35.7 Å². The highest BCUT2D eigenvalue weighted by molar-refractivity contribution is 7.98. The zero-order valence-electron chi connectivity index (χ0n) is 14.3. The van der Waals surface area contributed by atoms with Crippen molar-refractivity contribution >= 4 is 23.4 Å². The minimum atomic E-state index is -0.0485. The van der Waals surface area contributed by atoms with E-state index in [9.17, 15) is 0 Å². The van der Waals surface area contributed by atoms with Gasteiger partial charge >= 0.3 is 0 Å². The number of nitrogens with one attached hydrogen (secondary N) is 2. The van der Waals surface area contributed by atoms with Crippen LogP contribution in [0.3, 0.4) is 0 Å². The molecular weight excluding hydrogens is 280 g/mol. The topological polar surface area (TPSA) is 49.8 Å². The molecule has 120 valence electrons. The summed E-state index contributed by atoms with van der Waals surface area (Å²) in [6.07, 6.45) is 4.57. The number of unbranched alkanes of at least 4 members (excludes halogenated alkanes) is 1. The Bertz CT molecular complexity index is 441. The first kappa shape index (κ1) is 18.1. The maximum atomic E-state index is 4.74. The lowest BCUT2D eigenvalue weighted by atomic mass is 9.95. The van der Waals surface area contributed by atoms with Crippen molar-refractivity contribution in [2.24, 2.45) is 0 Å². The van der Waals surface area contributed by atoms with Crippen LogP contribution >= 0.6 is 11.8 Å². The molecule has 1 aromatic heterocycles. The molecule has 4 nitrogen and oxygen atoms in total. The van der Waals surface area contributed by atoms with Crippen LogP contribution in [-0.2, 0) is 5.41 Å². The first-order valence-electron chi connectivity index (χ1n) is 7.76. The lowest BCUT2D eigenvalue weighted by Crippen LogP contribution is -2.20. The summed E-state index contributed by atoms with van der Waals surface area (Å²) in [5.74, 6) is 4.02. The van der Waals surface area contributed by atoms with Gasteiger partial charge in [0.2, 0.25) is 0 Å². The third kappa shape index (κ3) is 5.73. The van der Waals surface area contributed by atoms with Crippen LogP contribution in [0.25, 0.3) is 0 Å². The summed E-state index contributed by atoms with van der Waals surface area (Å²) in [5, 5.41) is 6.83. The van der Waals surface area contributed by atoms with Crippen molar-refractivity contribution in [3.63, 3.8) is 0 Å².